The first-order valence-electron chi connectivity index (χ1n) is 17.5. The lowest BCUT2D eigenvalue weighted by atomic mass is 9.72. The van der Waals surface area contributed by atoms with Crippen LogP contribution in [0.4, 0.5) is 0 Å². The van der Waals surface area contributed by atoms with Crippen molar-refractivity contribution in [3.05, 3.63) is 71.8 Å². The van der Waals surface area contributed by atoms with Crippen LogP contribution < -0.4 is 32.7 Å². The van der Waals surface area contributed by atoms with Crippen molar-refractivity contribution in [2.45, 2.75) is 89.4 Å². The monoisotopic (exact) mass is 661 g/mol. The molecule has 11 heteroatoms. The molecule has 11 nitrogen and oxygen atoms in total. The van der Waals surface area contributed by atoms with Crippen molar-refractivity contribution in [3.8, 4) is 0 Å². The minimum absolute atomic E-state index is 0.0732. The molecule has 0 aromatic heterocycles. The van der Waals surface area contributed by atoms with Crippen LogP contribution in [-0.2, 0) is 32.0 Å². The number of hydrogen-bond acceptors (Lipinski definition) is 7. The number of rotatable bonds is 17. The number of nitrogens with zero attached hydrogens (tertiary/aromatic N) is 1. The first kappa shape index (κ1) is 37.0. The molecule has 1 unspecified atom stereocenters. The molecule has 2 heterocycles. The second-order valence-electron chi connectivity index (χ2n) is 14.0. The molecule has 4 atom stereocenters. The molecule has 48 heavy (non-hydrogen) atoms. The van der Waals surface area contributed by atoms with Crippen LogP contribution in [0.25, 0.3) is 0 Å². The lowest BCUT2D eigenvalue weighted by Gasteiger charge is -2.53. The van der Waals surface area contributed by atoms with E-state index in [1.54, 1.807) is 0 Å². The van der Waals surface area contributed by atoms with E-state index in [-0.39, 0.29) is 23.7 Å². The summed E-state index contributed by atoms with van der Waals surface area (Å²) in [5, 5.41) is 12.2. The summed E-state index contributed by atoms with van der Waals surface area (Å²) >= 11 is 0. The Kier molecular flexibility index (Phi) is 14.0. The van der Waals surface area contributed by atoms with Gasteiger partial charge in [-0.15, -0.1) is 0 Å². The average Bonchev–Trinajstić information content (AvgIpc) is 3.06. The lowest BCUT2D eigenvalue weighted by Crippen LogP contribution is -2.65. The van der Waals surface area contributed by atoms with E-state index in [9.17, 15) is 19.2 Å². The van der Waals surface area contributed by atoms with Crippen LogP contribution in [0.3, 0.4) is 0 Å². The molecule has 8 N–H and O–H groups in total. The fourth-order valence-electron chi connectivity index (χ4n) is 6.71. The van der Waals surface area contributed by atoms with E-state index in [4.69, 9.17) is 11.5 Å². The molecule has 4 amide bonds. The van der Waals surface area contributed by atoms with Crippen LogP contribution in [0, 0.1) is 11.3 Å². The average molecular weight is 662 g/mol. The summed E-state index contributed by atoms with van der Waals surface area (Å²) in [6.45, 7) is 7.78. The third kappa shape index (κ3) is 10.9. The van der Waals surface area contributed by atoms with Gasteiger partial charge >= 0.3 is 0 Å². The molecule has 0 bridgehead atoms. The predicted molar refractivity (Wildman–Crippen MR) is 188 cm³/mol. The maximum absolute atomic E-state index is 13.9. The van der Waals surface area contributed by atoms with Gasteiger partial charge < -0.3 is 37.6 Å². The van der Waals surface area contributed by atoms with Gasteiger partial charge in [-0.2, -0.15) is 0 Å². The van der Waals surface area contributed by atoms with E-state index < -0.39 is 41.9 Å². The lowest BCUT2D eigenvalue weighted by molar-refractivity contribution is -0.149. The van der Waals surface area contributed by atoms with Crippen LogP contribution in [0.1, 0.15) is 63.5 Å². The molecule has 2 fully saturated rings. The Morgan fingerprint density at radius 1 is 0.771 bits per heavy atom. The van der Waals surface area contributed by atoms with Gasteiger partial charge in [0.05, 0.1) is 6.04 Å². The summed E-state index contributed by atoms with van der Waals surface area (Å²) < 4.78 is 0. The fraction of sp³-hybridized carbons (Fsp3) is 0.568. The molecule has 2 saturated heterocycles. The molecule has 4 rings (SSSR count). The summed E-state index contributed by atoms with van der Waals surface area (Å²) in [7, 11) is 0. The number of piperidine rings is 1. The van der Waals surface area contributed by atoms with Gasteiger partial charge in [0.25, 0.3) is 0 Å². The Morgan fingerprint density at radius 2 is 1.31 bits per heavy atom. The molecule has 2 aromatic carbocycles. The third-order valence-electron chi connectivity index (χ3n) is 9.48. The van der Waals surface area contributed by atoms with Crippen LogP contribution >= 0.6 is 0 Å². The zero-order chi connectivity index (χ0) is 34.5. The van der Waals surface area contributed by atoms with Gasteiger partial charge in [0.1, 0.15) is 18.1 Å². The second-order valence-corrected chi connectivity index (χ2v) is 14.0. The fourth-order valence-corrected chi connectivity index (χ4v) is 6.71. The van der Waals surface area contributed by atoms with Crippen molar-refractivity contribution in [3.63, 3.8) is 0 Å². The van der Waals surface area contributed by atoms with Crippen molar-refractivity contribution in [1.82, 2.24) is 26.2 Å². The Labute approximate surface area is 285 Å². The summed E-state index contributed by atoms with van der Waals surface area (Å²) in [6, 6.07) is 15.4. The van der Waals surface area contributed by atoms with E-state index in [1.165, 1.54) is 0 Å². The molecule has 0 radical (unpaired) electrons. The topological polar surface area (TPSA) is 172 Å². The predicted octanol–water partition coefficient (Wildman–Crippen LogP) is 1.64. The molecule has 0 aliphatic carbocycles. The highest BCUT2D eigenvalue weighted by Gasteiger charge is 2.47. The van der Waals surface area contributed by atoms with Gasteiger partial charge in [-0.25, -0.2) is 0 Å². The zero-order valence-electron chi connectivity index (χ0n) is 28.6. The summed E-state index contributed by atoms with van der Waals surface area (Å²) in [5.41, 5.74) is 13.9. The van der Waals surface area contributed by atoms with Gasteiger partial charge in [0, 0.05) is 24.9 Å². The van der Waals surface area contributed by atoms with E-state index in [2.05, 4.69) is 21.3 Å². The normalized spacial score (nSPS) is 17.9. The highest BCUT2D eigenvalue weighted by atomic mass is 16.2. The van der Waals surface area contributed by atoms with Crippen molar-refractivity contribution in [1.29, 1.82) is 0 Å². The molecular weight excluding hydrogens is 606 g/mol. The first-order chi connectivity index (χ1) is 23.1. The SMILES string of the molecule is CC(C)CC(NC(=O)[C@@H](Cc1ccccc1)NC(=O)[C@H](N)Cc1ccccc1)C(=O)N[C@H](CCCCN)C(=O)N1CC2(CCNCC2)C1. The van der Waals surface area contributed by atoms with E-state index in [1.807, 2.05) is 79.4 Å². The summed E-state index contributed by atoms with van der Waals surface area (Å²) in [5.74, 6) is -1.36. The van der Waals surface area contributed by atoms with Crippen molar-refractivity contribution in [2.75, 3.05) is 32.7 Å². The van der Waals surface area contributed by atoms with E-state index >= 15 is 0 Å². The molecule has 2 aliphatic rings. The summed E-state index contributed by atoms with van der Waals surface area (Å²) in [6.07, 6.45) is 4.91. The second kappa shape index (κ2) is 18.1. The van der Waals surface area contributed by atoms with Gasteiger partial charge in [0.2, 0.25) is 23.6 Å². The number of amides is 4. The maximum atomic E-state index is 13.9. The van der Waals surface area contributed by atoms with Gasteiger partial charge in [-0.1, -0.05) is 74.5 Å². The molecule has 0 saturated carbocycles. The molecule has 2 aliphatic heterocycles. The quantitative estimate of drug-likeness (QED) is 0.140. The molecule has 262 valence electrons. The highest BCUT2D eigenvalue weighted by molar-refractivity contribution is 5.95. The van der Waals surface area contributed by atoms with Gasteiger partial charge in [-0.05, 0) is 81.6 Å². The Balaban J connectivity index is 1.45. The Morgan fingerprint density at radius 3 is 1.90 bits per heavy atom. The Hall–Kier alpha value is -3.80. The number of likely N-dealkylation sites (tertiary alicyclic amines) is 1. The summed E-state index contributed by atoms with van der Waals surface area (Å²) in [4.78, 5) is 56.6. The van der Waals surface area contributed by atoms with Crippen LogP contribution in [0.5, 0.6) is 0 Å². The van der Waals surface area contributed by atoms with E-state index in [0.717, 1.165) is 43.5 Å². The third-order valence-corrected chi connectivity index (χ3v) is 9.48. The maximum Gasteiger partial charge on any atom is 0.245 e. The number of unbranched alkanes of at least 4 members (excludes halogenated alkanes) is 1. The van der Waals surface area contributed by atoms with Crippen LogP contribution in [0.2, 0.25) is 0 Å². The highest BCUT2D eigenvalue weighted by Crippen LogP contribution is 2.39. The number of nitrogens with one attached hydrogen (secondary N) is 4. The minimum Gasteiger partial charge on any atom is -0.343 e. The van der Waals surface area contributed by atoms with E-state index in [0.29, 0.717) is 45.3 Å². The van der Waals surface area contributed by atoms with Gasteiger partial charge in [0.15, 0.2) is 0 Å². The smallest absolute Gasteiger partial charge is 0.245 e. The number of carbonyl (C=O) groups excluding carboxylic acids is 4. The van der Waals surface area contributed by atoms with Gasteiger partial charge in [-0.3, -0.25) is 19.2 Å². The standard InChI is InChI=1S/C37H55N7O4/c1-26(2)21-31(34(46)41-30(15-9-10-18-38)36(48)44-24-37(25-44)16-19-40-20-17-37)43-35(47)32(23-28-13-7-4-8-14-28)42-33(45)29(39)22-27-11-5-3-6-12-27/h3-8,11-14,26,29-32,40H,9-10,15-25,38-39H2,1-2H3,(H,41,46)(H,42,45)(H,43,47)/t29-,30-,31?,32-/m1/s1. The van der Waals surface area contributed by atoms with Crippen molar-refractivity contribution >= 4 is 23.6 Å². The minimum atomic E-state index is -0.964. The molecule has 1 spiro atoms. The Bertz CT molecular complexity index is 1330. The number of hydrogen-bond donors (Lipinski definition) is 6. The number of carbonyl (C=O) groups is 4. The van der Waals surface area contributed by atoms with Crippen molar-refractivity contribution < 1.29 is 19.2 Å². The largest absolute Gasteiger partial charge is 0.343 e. The number of benzene rings is 2. The van der Waals surface area contributed by atoms with Crippen LogP contribution in [-0.4, -0.2) is 85.4 Å². The van der Waals surface area contributed by atoms with Crippen LogP contribution in [0.15, 0.2) is 60.7 Å². The molecule has 2 aromatic rings. The zero-order valence-corrected chi connectivity index (χ0v) is 28.6. The first-order valence-corrected chi connectivity index (χ1v) is 17.5. The molecular formula is C37H55N7O4. The number of nitrogens with two attached hydrogens (primary N) is 2. The van der Waals surface area contributed by atoms with Crippen molar-refractivity contribution in [2.24, 2.45) is 22.8 Å².